The van der Waals surface area contributed by atoms with Crippen LogP contribution in [-0.4, -0.2) is 61.0 Å². The van der Waals surface area contributed by atoms with Crippen molar-refractivity contribution in [2.24, 2.45) is 5.92 Å². The van der Waals surface area contributed by atoms with Gasteiger partial charge >= 0.3 is 0 Å². The molecule has 0 aliphatic carbocycles. The molecule has 5 nitrogen and oxygen atoms in total. The van der Waals surface area contributed by atoms with Gasteiger partial charge in [0.25, 0.3) is 0 Å². The molecule has 2 aliphatic rings. The topological polar surface area (TPSA) is 49.9 Å². The number of piperidine rings is 1. The first kappa shape index (κ1) is 17.9. The summed E-state index contributed by atoms with van der Waals surface area (Å²) in [5, 5.41) is 0. The van der Waals surface area contributed by atoms with Crippen LogP contribution in [0.3, 0.4) is 0 Å². The van der Waals surface area contributed by atoms with Gasteiger partial charge in [-0.1, -0.05) is 30.3 Å². The summed E-state index contributed by atoms with van der Waals surface area (Å²) in [5.41, 5.74) is 1.30. The van der Waals surface area contributed by atoms with Crippen LogP contribution < -0.4 is 0 Å². The van der Waals surface area contributed by atoms with Crippen molar-refractivity contribution >= 4 is 11.8 Å². The number of likely N-dealkylation sites (tertiary alicyclic amines) is 1. The Balaban J connectivity index is 1.50. The summed E-state index contributed by atoms with van der Waals surface area (Å²) >= 11 is 0. The quantitative estimate of drug-likeness (QED) is 0.822. The molecule has 0 unspecified atom stereocenters. The number of benzene rings is 1. The zero-order valence-corrected chi connectivity index (χ0v) is 14.9. The number of aryl methyl sites for hydroxylation is 1. The molecule has 1 atom stereocenters. The van der Waals surface area contributed by atoms with Gasteiger partial charge in [-0.05, 0) is 31.2 Å². The van der Waals surface area contributed by atoms with Crippen LogP contribution in [0.25, 0.3) is 0 Å². The largest absolute Gasteiger partial charge is 0.380 e. The van der Waals surface area contributed by atoms with E-state index in [1.165, 1.54) is 5.56 Å². The molecule has 2 saturated heterocycles. The summed E-state index contributed by atoms with van der Waals surface area (Å²) < 4.78 is 5.44. The van der Waals surface area contributed by atoms with Crippen molar-refractivity contribution in [1.29, 1.82) is 0 Å². The summed E-state index contributed by atoms with van der Waals surface area (Å²) in [6, 6.07) is 10.3. The highest BCUT2D eigenvalue weighted by molar-refractivity contribution is 5.83. The number of nitrogens with zero attached hydrogens (tertiary/aromatic N) is 2. The first-order valence-corrected chi connectivity index (χ1v) is 9.42. The van der Waals surface area contributed by atoms with Crippen molar-refractivity contribution in [3.05, 3.63) is 35.9 Å². The molecule has 2 heterocycles. The first-order valence-electron chi connectivity index (χ1n) is 9.42. The van der Waals surface area contributed by atoms with Gasteiger partial charge < -0.3 is 14.5 Å². The van der Waals surface area contributed by atoms with E-state index in [0.29, 0.717) is 32.5 Å². The lowest BCUT2D eigenvalue weighted by Crippen LogP contribution is -2.47. The van der Waals surface area contributed by atoms with E-state index < -0.39 is 0 Å². The standard InChI is InChI=1S/C20H28N2O3/c23-19-10-9-18(20(24)21-12-5-14-25-15-13-21)16-22(19)11-4-8-17-6-2-1-3-7-17/h1-3,6-7,18H,4-5,8-16H2/t18-/m0/s1. The van der Waals surface area contributed by atoms with Gasteiger partial charge in [-0.3, -0.25) is 9.59 Å². The number of carbonyl (C=O) groups is 2. The number of rotatable bonds is 5. The predicted octanol–water partition coefficient (Wildman–Crippen LogP) is 2.11. The Morgan fingerprint density at radius 3 is 2.84 bits per heavy atom. The van der Waals surface area contributed by atoms with Crippen LogP contribution in [-0.2, 0) is 20.7 Å². The van der Waals surface area contributed by atoms with Crippen molar-refractivity contribution in [2.45, 2.75) is 32.1 Å². The van der Waals surface area contributed by atoms with E-state index in [1.54, 1.807) is 0 Å². The molecule has 0 aromatic heterocycles. The van der Waals surface area contributed by atoms with E-state index in [4.69, 9.17) is 4.74 Å². The van der Waals surface area contributed by atoms with Crippen molar-refractivity contribution in [1.82, 2.24) is 9.80 Å². The number of carbonyl (C=O) groups excluding carboxylic acids is 2. The molecule has 2 fully saturated rings. The van der Waals surface area contributed by atoms with E-state index in [2.05, 4.69) is 12.1 Å². The molecule has 2 aliphatic heterocycles. The third kappa shape index (κ3) is 5.05. The molecule has 0 spiro atoms. The molecule has 1 aromatic carbocycles. The Bertz CT molecular complexity index is 568. The van der Waals surface area contributed by atoms with Gasteiger partial charge in [-0.15, -0.1) is 0 Å². The van der Waals surface area contributed by atoms with Gasteiger partial charge in [0.05, 0.1) is 12.5 Å². The summed E-state index contributed by atoms with van der Waals surface area (Å²) in [6.45, 7) is 4.12. The van der Waals surface area contributed by atoms with Gasteiger partial charge in [-0.2, -0.15) is 0 Å². The normalized spacial score (nSPS) is 21.9. The summed E-state index contributed by atoms with van der Waals surface area (Å²) in [6.07, 6.45) is 3.98. The fourth-order valence-electron chi connectivity index (χ4n) is 3.68. The first-order chi connectivity index (χ1) is 12.2. The second kappa shape index (κ2) is 8.99. The molecular formula is C20H28N2O3. The van der Waals surface area contributed by atoms with E-state index >= 15 is 0 Å². The number of amides is 2. The lowest BCUT2D eigenvalue weighted by molar-refractivity contribution is -0.143. The van der Waals surface area contributed by atoms with E-state index in [0.717, 1.165) is 39.0 Å². The third-order valence-electron chi connectivity index (χ3n) is 5.12. The molecule has 5 heteroatoms. The maximum Gasteiger partial charge on any atom is 0.227 e. The van der Waals surface area contributed by atoms with Crippen LogP contribution in [0.15, 0.2) is 30.3 Å². The Morgan fingerprint density at radius 2 is 2.00 bits per heavy atom. The molecular weight excluding hydrogens is 316 g/mol. The average Bonchev–Trinajstić information content (AvgIpc) is 2.93. The molecule has 3 rings (SSSR count). The minimum atomic E-state index is -0.0486. The average molecular weight is 344 g/mol. The summed E-state index contributed by atoms with van der Waals surface area (Å²) in [5.74, 6) is 0.342. The van der Waals surface area contributed by atoms with Gasteiger partial charge in [-0.25, -0.2) is 0 Å². The third-order valence-corrected chi connectivity index (χ3v) is 5.12. The Kier molecular flexibility index (Phi) is 6.45. The molecule has 0 radical (unpaired) electrons. The summed E-state index contributed by atoms with van der Waals surface area (Å²) in [4.78, 5) is 28.8. The van der Waals surface area contributed by atoms with Crippen molar-refractivity contribution in [2.75, 3.05) is 39.4 Å². The zero-order valence-electron chi connectivity index (χ0n) is 14.9. The number of hydrogen-bond donors (Lipinski definition) is 0. The molecule has 0 saturated carbocycles. The summed E-state index contributed by atoms with van der Waals surface area (Å²) in [7, 11) is 0. The highest BCUT2D eigenvalue weighted by Crippen LogP contribution is 2.21. The minimum absolute atomic E-state index is 0.0486. The predicted molar refractivity (Wildman–Crippen MR) is 96.1 cm³/mol. The monoisotopic (exact) mass is 344 g/mol. The van der Waals surface area contributed by atoms with Crippen LogP contribution in [0.4, 0.5) is 0 Å². The van der Waals surface area contributed by atoms with Crippen LogP contribution in [0, 0.1) is 5.92 Å². The Hall–Kier alpha value is -1.88. The number of hydrogen-bond acceptors (Lipinski definition) is 3. The lowest BCUT2D eigenvalue weighted by Gasteiger charge is -2.34. The van der Waals surface area contributed by atoms with Crippen molar-refractivity contribution < 1.29 is 14.3 Å². The van der Waals surface area contributed by atoms with Gasteiger partial charge in [0.1, 0.15) is 0 Å². The van der Waals surface area contributed by atoms with Gasteiger partial charge in [0.15, 0.2) is 0 Å². The van der Waals surface area contributed by atoms with Crippen LogP contribution in [0.1, 0.15) is 31.2 Å². The highest BCUT2D eigenvalue weighted by atomic mass is 16.5. The van der Waals surface area contributed by atoms with Gasteiger partial charge in [0.2, 0.25) is 11.8 Å². The molecule has 2 amide bonds. The lowest BCUT2D eigenvalue weighted by atomic mass is 9.95. The molecule has 25 heavy (non-hydrogen) atoms. The second-order valence-electron chi connectivity index (χ2n) is 6.96. The number of ether oxygens (including phenoxy) is 1. The van der Waals surface area contributed by atoms with Gasteiger partial charge in [0, 0.05) is 39.2 Å². The maximum absolute atomic E-state index is 12.8. The second-order valence-corrected chi connectivity index (χ2v) is 6.96. The van der Waals surface area contributed by atoms with Crippen LogP contribution in [0.2, 0.25) is 0 Å². The van der Waals surface area contributed by atoms with E-state index in [-0.39, 0.29) is 17.7 Å². The maximum atomic E-state index is 12.8. The van der Waals surface area contributed by atoms with Crippen LogP contribution >= 0.6 is 0 Å². The minimum Gasteiger partial charge on any atom is -0.380 e. The molecule has 136 valence electrons. The van der Waals surface area contributed by atoms with E-state index in [1.807, 2.05) is 28.0 Å². The van der Waals surface area contributed by atoms with Crippen LogP contribution in [0.5, 0.6) is 0 Å². The van der Waals surface area contributed by atoms with Crippen molar-refractivity contribution in [3.8, 4) is 0 Å². The highest BCUT2D eigenvalue weighted by Gasteiger charge is 2.32. The molecule has 1 aromatic rings. The molecule has 0 bridgehead atoms. The fraction of sp³-hybridized carbons (Fsp3) is 0.600. The van der Waals surface area contributed by atoms with Crippen molar-refractivity contribution in [3.63, 3.8) is 0 Å². The molecule has 0 N–H and O–H groups in total. The zero-order chi connectivity index (χ0) is 17.5. The SMILES string of the molecule is O=C1CC[C@H](C(=O)N2CCCOCC2)CN1CCCc1ccccc1. The Morgan fingerprint density at radius 1 is 1.16 bits per heavy atom. The van der Waals surface area contributed by atoms with E-state index in [9.17, 15) is 9.59 Å². The smallest absolute Gasteiger partial charge is 0.227 e. The fourth-order valence-corrected chi connectivity index (χ4v) is 3.68. The Labute approximate surface area is 149 Å².